The highest BCUT2D eigenvalue weighted by Crippen LogP contribution is 2.38. The van der Waals surface area contributed by atoms with Crippen molar-refractivity contribution in [1.82, 2.24) is 20.2 Å². The first-order chi connectivity index (χ1) is 9.94. The first kappa shape index (κ1) is 15.1. The molecule has 0 aliphatic heterocycles. The fourth-order valence-corrected chi connectivity index (χ4v) is 2.66. The number of nitrogens with zero attached hydrogens (tertiary/aromatic N) is 3. The predicted molar refractivity (Wildman–Crippen MR) is 78.1 cm³/mol. The maximum absolute atomic E-state index is 11.9. The highest BCUT2D eigenvalue weighted by Gasteiger charge is 2.52. The van der Waals surface area contributed by atoms with Gasteiger partial charge in [-0.25, -0.2) is 0 Å². The molecule has 0 aliphatic carbocycles. The van der Waals surface area contributed by atoms with Crippen LogP contribution in [0.25, 0.3) is 0 Å². The summed E-state index contributed by atoms with van der Waals surface area (Å²) in [6.45, 7) is 3.57. The third-order valence-corrected chi connectivity index (χ3v) is 4.19. The lowest BCUT2D eigenvalue weighted by atomic mass is 9.65. The second kappa shape index (κ2) is 5.61. The average molecular weight is 288 g/mol. The molecule has 0 radical (unpaired) electrons. The summed E-state index contributed by atoms with van der Waals surface area (Å²) >= 11 is 0. The molecule has 2 unspecified atom stereocenters. The Morgan fingerprint density at radius 3 is 2.67 bits per heavy atom. The summed E-state index contributed by atoms with van der Waals surface area (Å²) in [6, 6.07) is 5.61. The molecular weight excluding hydrogens is 268 g/mol. The number of carbonyl (C=O) groups excluding carboxylic acids is 1. The maximum Gasteiger partial charge on any atom is 0.238 e. The number of aromatic amines is 1. The Labute approximate surface area is 123 Å². The van der Waals surface area contributed by atoms with E-state index in [1.165, 1.54) is 6.33 Å². The van der Waals surface area contributed by atoms with Crippen molar-refractivity contribution in [2.75, 3.05) is 0 Å². The third kappa shape index (κ3) is 2.52. The Bertz CT molecular complexity index is 595. The van der Waals surface area contributed by atoms with Gasteiger partial charge in [0.1, 0.15) is 17.7 Å². The van der Waals surface area contributed by atoms with E-state index >= 15 is 0 Å². The van der Waals surface area contributed by atoms with Crippen LogP contribution < -0.4 is 11.5 Å². The van der Waals surface area contributed by atoms with Crippen molar-refractivity contribution in [1.29, 1.82) is 0 Å². The number of pyridine rings is 1. The number of aromatic nitrogens is 4. The van der Waals surface area contributed by atoms with Gasteiger partial charge >= 0.3 is 0 Å². The van der Waals surface area contributed by atoms with Gasteiger partial charge in [0.2, 0.25) is 5.91 Å². The number of primary amides is 1. The van der Waals surface area contributed by atoms with Crippen molar-refractivity contribution in [2.45, 2.75) is 37.6 Å². The highest BCUT2D eigenvalue weighted by atomic mass is 16.1. The van der Waals surface area contributed by atoms with Crippen LogP contribution in [0.2, 0.25) is 0 Å². The van der Waals surface area contributed by atoms with Gasteiger partial charge in [-0.1, -0.05) is 13.0 Å². The van der Waals surface area contributed by atoms with Crippen molar-refractivity contribution in [2.24, 2.45) is 11.5 Å². The predicted octanol–water partition coefficient (Wildman–Crippen LogP) is 0.293. The zero-order valence-electron chi connectivity index (χ0n) is 12.2. The molecule has 2 aromatic rings. The van der Waals surface area contributed by atoms with E-state index in [4.69, 9.17) is 11.5 Å². The van der Waals surface area contributed by atoms with E-state index in [0.29, 0.717) is 18.7 Å². The number of rotatable bonds is 6. The van der Waals surface area contributed by atoms with E-state index in [-0.39, 0.29) is 0 Å². The minimum Gasteiger partial charge on any atom is -0.368 e. The smallest absolute Gasteiger partial charge is 0.238 e. The van der Waals surface area contributed by atoms with E-state index in [0.717, 1.165) is 5.69 Å². The minimum atomic E-state index is -1.29. The van der Waals surface area contributed by atoms with Crippen molar-refractivity contribution >= 4 is 5.91 Å². The fraction of sp³-hybridized carbons (Fsp3) is 0.429. The highest BCUT2D eigenvalue weighted by molar-refractivity contribution is 5.86. The third-order valence-electron chi connectivity index (χ3n) is 4.19. The van der Waals surface area contributed by atoms with Gasteiger partial charge in [-0.15, -0.1) is 10.2 Å². The fourth-order valence-electron chi connectivity index (χ4n) is 2.66. The molecule has 0 fully saturated rings. The Hall–Kier alpha value is -2.28. The molecule has 0 bridgehead atoms. The van der Waals surface area contributed by atoms with Crippen LogP contribution >= 0.6 is 0 Å². The van der Waals surface area contributed by atoms with Crippen molar-refractivity contribution in [3.63, 3.8) is 0 Å². The van der Waals surface area contributed by atoms with Crippen LogP contribution in [0.1, 0.15) is 31.8 Å². The summed E-state index contributed by atoms with van der Waals surface area (Å²) in [5, 5.41) is 7.90. The van der Waals surface area contributed by atoms with Gasteiger partial charge in [-0.2, -0.15) is 0 Å². The molecule has 21 heavy (non-hydrogen) atoms. The van der Waals surface area contributed by atoms with E-state index in [9.17, 15) is 4.79 Å². The largest absolute Gasteiger partial charge is 0.368 e. The lowest BCUT2D eigenvalue weighted by Crippen LogP contribution is -2.65. The van der Waals surface area contributed by atoms with E-state index in [1.807, 2.05) is 25.1 Å². The standard InChI is InChI=1S/C14H20N6O/c1-3-14(12-18-9-19-20-12,13(2,16)11(15)21)8-10-6-4-5-7-17-10/h4-7,9H,3,8,16H2,1-2H3,(H2,15,21)(H,18,19,20). The first-order valence-electron chi connectivity index (χ1n) is 6.79. The van der Waals surface area contributed by atoms with Gasteiger partial charge in [0.05, 0.1) is 5.41 Å². The van der Waals surface area contributed by atoms with E-state index < -0.39 is 16.9 Å². The molecule has 112 valence electrons. The van der Waals surface area contributed by atoms with Gasteiger partial charge in [-0.05, 0) is 25.5 Å². The molecule has 2 atom stereocenters. The number of carbonyl (C=O) groups is 1. The first-order valence-corrected chi connectivity index (χ1v) is 6.79. The Morgan fingerprint density at radius 1 is 1.43 bits per heavy atom. The second-order valence-electron chi connectivity index (χ2n) is 5.34. The quantitative estimate of drug-likeness (QED) is 0.705. The molecule has 2 heterocycles. The molecule has 0 saturated carbocycles. The number of hydrogen-bond acceptors (Lipinski definition) is 5. The molecule has 0 saturated heterocycles. The molecule has 0 aliphatic rings. The van der Waals surface area contributed by atoms with Crippen LogP contribution in [0, 0.1) is 0 Å². The van der Waals surface area contributed by atoms with Gasteiger partial charge in [-0.3, -0.25) is 9.78 Å². The Morgan fingerprint density at radius 2 is 2.19 bits per heavy atom. The molecule has 7 nitrogen and oxygen atoms in total. The van der Waals surface area contributed by atoms with E-state index in [2.05, 4.69) is 20.2 Å². The summed E-state index contributed by atoms with van der Waals surface area (Å²) < 4.78 is 0. The number of hydrogen-bond donors (Lipinski definition) is 3. The van der Waals surface area contributed by atoms with Crippen LogP contribution in [0.3, 0.4) is 0 Å². The molecule has 0 spiro atoms. The number of nitrogens with two attached hydrogens (primary N) is 2. The Kier molecular flexibility index (Phi) is 4.04. The van der Waals surface area contributed by atoms with Gasteiger partial charge in [0.25, 0.3) is 0 Å². The van der Waals surface area contributed by atoms with Crippen LogP contribution in [0.5, 0.6) is 0 Å². The Balaban J connectivity index is 2.55. The number of amides is 1. The van der Waals surface area contributed by atoms with Gasteiger partial charge in [0.15, 0.2) is 0 Å². The van der Waals surface area contributed by atoms with Crippen LogP contribution in [0.15, 0.2) is 30.7 Å². The maximum atomic E-state index is 11.9. The molecule has 7 heteroatoms. The average Bonchev–Trinajstić information content (AvgIpc) is 3.00. The normalized spacial score (nSPS) is 16.9. The zero-order chi connectivity index (χ0) is 15.5. The number of H-pyrrole nitrogens is 1. The molecule has 2 rings (SSSR count). The second-order valence-corrected chi connectivity index (χ2v) is 5.34. The van der Waals surface area contributed by atoms with Crippen LogP contribution in [-0.2, 0) is 16.6 Å². The molecule has 2 aromatic heterocycles. The zero-order valence-corrected chi connectivity index (χ0v) is 12.2. The van der Waals surface area contributed by atoms with Crippen molar-refractivity contribution in [3.05, 3.63) is 42.2 Å². The molecular formula is C14H20N6O. The molecule has 1 amide bonds. The molecule has 5 N–H and O–H groups in total. The summed E-state index contributed by atoms with van der Waals surface area (Å²) in [4.78, 5) is 19.2. The minimum absolute atomic E-state index is 0.440. The van der Waals surface area contributed by atoms with Crippen molar-refractivity contribution < 1.29 is 4.79 Å². The monoisotopic (exact) mass is 288 g/mol. The van der Waals surface area contributed by atoms with Crippen LogP contribution in [0.4, 0.5) is 0 Å². The summed E-state index contributed by atoms with van der Waals surface area (Å²) in [7, 11) is 0. The lowest BCUT2D eigenvalue weighted by Gasteiger charge is -2.42. The van der Waals surface area contributed by atoms with E-state index in [1.54, 1.807) is 13.1 Å². The SMILES string of the molecule is CCC(Cc1ccccn1)(c1nnc[nH]1)C(C)(N)C(N)=O. The molecule has 0 aromatic carbocycles. The lowest BCUT2D eigenvalue weighted by molar-refractivity contribution is -0.125. The summed E-state index contributed by atoms with van der Waals surface area (Å²) in [5.74, 6) is -0.0452. The summed E-state index contributed by atoms with van der Waals surface area (Å²) in [6.07, 6.45) is 4.17. The summed E-state index contributed by atoms with van der Waals surface area (Å²) in [5.41, 5.74) is 10.6. The topological polar surface area (TPSA) is 124 Å². The number of nitrogens with one attached hydrogen (secondary N) is 1. The van der Waals surface area contributed by atoms with Crippen molar-refractivity contribution in [3.8, 4) is 0 Å². The van der Waals surface area contributed by atoms with Crippen LogP contribution in [-0.4, -0.2) is 31.6 Å². The van der Waals surface area contributed by atoms with Gasteiger partial charge < -0.3 is 16.5 Å². The van der Waals surface area contributed by atoms with Gasteiger partial charge in [0, 0.05) is 18.3 Å².